The van der Waals surface area contributed by atoms with Crippen molar-refractivity contribution in [1.29, 1.82) is 0 Å². The molecule has 1 aromatic rings. The number of nitrogens with zero attached hydrogens (tertiary/aromatic N) is 1. The average molecular weight is 313 g/mol. The molecule has 7 nitrogen and oxygen atoms in total. The van der Waals surface area contributed by atoms with E-state index in [2.05, 4.69) is 11.6 Å². The summed E-state index contributed by atoms with van der Waals surface area (Å²) in [4.78, 5) is 0. The van der Waals surface area contributed by atoms with Crippen LogP contribution in [0.2, 0.25) is 0 Å². The first-order chi connectivity index (χ1) is 9.95. The maximum atomic E-state index is 12.4. The van der Waals surface area contributed by atoms with Crippen LogP contribution < -0.4 is 19.9 Å². The quantitative estimate of drug-likeness (QED) is 0.822. The van der Waals surface area contributed by atoms with E-state index < -0.39 is 10.2 Å². The van der Waals surface area contributed by atoms with E-state index in [-0.39, 0.29) is 6.79 Å². The van der Waals surface area contributed by atoms with Gasteiger partial charge in [0.25, 0.3) is 0 Å². The minimum atomic E-state index is -3.60. The molecule has 0 aliphatic carbocycles. The van der Waals surface area contributed by atoms with E-state index in [0.717, 1.165) is 12.8 Å². The third-order valence-electron chi connectivity index (χ3n) is 3.74. The van der Waals surface area contributed by atoms with E-state index in [1.165, 1.54) is 4.31 Å². The van der Waals surface area contributed by atoms with Gasteiger partial charge in [-0.25, -0.2) is 0 Å². The fourth-order valence-electron chi connectivity index (χ4n) is 2.61. The van der Waals surface area contributed by atoms with Crippen LogP contribution in [-0.2, 0) is 10.2 Å². The van der Waals surface area contributed by atoms with E-state index in [1.807, 2.05) is 0 Å². The maximum Gasteiger partial charge on any atom is 0.301 e. The molecule has 1 unspecified atom stereocenters. The Balaban J connectivity index is 1.82. The van der Waals surface area contributed by atoms with Gasteiger partial charge in [-0.3, -0.25) is 4.72 Å². The summed E-state index contributed by atoms with van der Waals surface area (Å²) in [6.45, 7) is 3.23. The second-order valence-electron chi connectivity index (χ2n) is 5.51. The molecule has 1 aromatic carbocycles. The Morgan fingerprint density at radius 1 is 1.33 bits per heavy atom. The van der Waals surface area contributed by atoms with Crippen LogP contribution in [-0.4, -0.2) is 32.6 Å². The summed E-state index contributed by atoms with van der Waals surface area (Å²) >= 11 is 0. The van der Waals surface area contributed by atoms with Gasteiger partial charge in [0.1, 0.15) is 0 Å². The van der Waals surface area contributed by atoms with Gasteiger partial charge in [0, 0.05) is 25.2 Å². The Labute approximate surface area is 124 Å². The number of ether oxygens (including phenoxy) is 2. The SMILES string of the molecule is CC1CCCN(S(=O)(=O)Nc2cc3c(cc2N)OCO3)C1. The molecule has 1 fully saturated rings. The lowest BCUT2D eigenvalue weighted by Gasteiger charge is -2.30. The molecule has 0 aromatic heterocycles. The van der Waals surface area contributed by atoms with Gasteiger partial charge >= 0.3 is 10.2 Å². The molecule has 0 spiro atoms. The first kappa shape index (κ1) is 14.3. The monoisotopic (exact) mass is 313 g/mol. The van der Waals surface area contributed by atoms with Crippen molar-refractivity contribution in [1.82, 2.24) is 4.31 Å². The highest BCUT2D eigenvalue weighted by molar-refractivity contribution is 7.90. The lowest BCUT2D eigenvalue weighted by molar-refractivity contribution is 0.174. The number of nitrogens with one attached hydrogen (secondary N) is 1. The number of hydrogen-bond donors (Lipinski definition) is 2. The zero-order valence-corrected chi connectivity index (χ0v) is 12.6. The standard InChI is InChI=1S/C13H19N3O4S/c1-9-3-2-4-16(7-9)21(17,18)15-11-6-13-12(5-10(11)14)19-8-20-13/h5-6,9,15H,2-4,7-8,14H2,1H3. The number of piperidine rings is 1. The Bertz CT molecular complexity index is 647. The first-order valence-electron chi connectivity index (χ1n) is 6.93. The molecule has 2 aliphatic heterocycles. The zero-order valence-electron chi connectivity index (χ0n) is 11.8. The van der Waals surface area contributed by atoms with E-state index in [9.17, 15) is 8.42 Å². The fourth-order valence-corrected chi connectivity index (χ4v) is 4.02. The molecule has 1 saturated heterocycles. The van der Waals surface area contributed by atoms with Gasteiger partial charge in [0.05, 0.1) is 11.4 Å². The van der Waals surface area contributed by atoms with Gasteiger partial charge in [0.15, 0.2) is 11.5 Å². The molecule has 2 aliphatic rings. The van der Waals surface area contributed by atoms with Crippen molar-refractivity contribution in [2.45, 2.75) is 19.8 Å². The topological polar surface area (TPSA) is 93.9 Å². The number of nitrogen functional groups attached to an aromatic ring is 1. The van der Waals surface area contributed by atoms with E-state index in [1.54, 1.807) is 12.1 Å². The molecule has 3 N–H and O–H groups in total. The summed E-state index contributed by atoms with van der Waals surface area (Å²) in [6, 6.07) is 3.13. The number of benzene rings is 1. The Morgan fingerprint density at radius 2 is 2.05 bits per heavy atom. The van der Waals surface area contributed by atoms with Crippen molar-refractivity contribution in [3.63, 3.8) is 0 Å². The van der Waals surface area contributed by atoms with E-state index >= 15 is 0 Å². The third kappa shape index (κ3) is 2.86. The lowest BCUT2D eigenvalue weighted by atomic mass is 10.0. The predicted octanol–water partition coefficient (Wildman–Crippen LogP) is 1.39. The Hall–Kier alpha value is -1.67. The van der Waals surface area contributed by atoms with Crippen LogP contribution in [0.3, 0.4) is 0 Å². The number of anilines is 2. The van der Waals surface area contributed by atoms with Crippen LogP contribution in [0.1, 0.15) is 19.8 Å². The smallest absolute Gasteiger partial charge is 0.301 e. The van der Waals surface area contributed by atoms with Crippen molar-refractivity contribution in [3.05, 3.63) is 12.1 Å². The normalized spacial score (nSPS) is 22.2. The van der Waals surface area contributed by atoms with E-state index in [0.29, 0.717) is 41.9 Å². The van der Waals surface area contributed by atoms with Crippen molar-refractivity contribution in [2.24, 2.45) is 5.92 Å². The van der Waals surface area contributed by atoms with Crippen LogP contribution in [0.5, 0.6) is 11.5 Å². The average Bonchev–Trinajstić information content (AvgIpc) is 2.86. The van der Waals surface area contributed by atoms with Crippen molar-refractivity contribution in [3.8, 4) is 11.5 Å². The fraction of sp³-hybridized carbons (Fsp3) is 0.538. The van der Waals surface area contributed by atoms with Crippen LogP contribution in [0, 0.1) is 5.92 Å². The highest BCUT2D eigenvalue weighted by Crippen LogP contribution is 2.38. The molecule has 1 atom stereocenters. The highest BCUT2D eigenvalue weighted by Gasteiger charge is 2.28. The molecule has 21 heavy (non-hydrogen) atoms. The first-order valence-corrected chi connectivity index (χ1v) is 8.37. The van der Waals surface area contributed by atoms with Gasteiger partial charge in [-0.1, -0.05) is 6.92 Å². The molecule has 0 saturated carbocycles. The minimum absolute atomic E-state index is 0.120. The molecule has 3 rings (SSSR count). The lowest BCUT2D eigenvalue weighted by Crippen LogP contribution is -2.42. The number of fused-ring (bicyclic) bond motifs is 1. The van der Waals surface area contributed by atoms with Crippen LogP contribution in [0.25, 0.3) is 0 Å². The van der Waals surface area contributed by atoms with Gasteiger partial charge in [0.2, 0.25) is 6.79 Å². The minimum Gasteiger partial charge on any atom is -0.454 e. The summed E-state index contributed by atoms with van der Waals surface area (Å²) in [5.74, 6) is 1.39. The van der Waals surface area contributed by atoms with Gasteiger partial charge in [-0.05, 0) is 18.8 Å². The number of nitrogens with two attached hydrogens (primary N) is 1. The largest absolute Gasteiger partial charge is 0.454 e. The number of hydrogen-bond acceptors (Lipinski definition) is 5. The van der Waals surface area contributed by atoms with E-state index in [4.69, 9.17) is 15.2 Å². The molecular formula is C13H19N3O4S. The summed E-state index contributed by atoms with van der Waals surface area (Å²) in [5.41, 5.74) is 6.51. The van der Waals surface area contributed by atoms with Gasteiger partial charge in [-0.2, -0.15) is 12.7 Å². The molecule has 2 heterocycles. The highest BCUT2D eigenvalue weighted by atomic mass is 32.2. The van der Waals surface area contributed by atoms with Gasteiger partial charge < -0.3 is 15.2 Å². The molecule has 8 heteroatoms. The van der Waals surface area contributed by atoms with Crippen molar-refractivity contribution < 1.29 is 17.9 Å². The zero-order chi connectivity index (χ0) is 15.0. The van der Waals surface area contributed by atoms with Crippen LogP contribution >= 0.6 is 0 Å². The number of rotatable bonds is 3. The third-order valence-corrected chi connectivity index (χ3v) is 5.23. The molecule has 116 valence electrons. The summed E-state index contributed by atoms with van der Waals surface area (Å²) in [6.07, 6.45) is 1.93. The summed E-state index contributed by atoms with van der Waals surface area (Å²) in [5, 5.41) is 0. The maximum absolute atomic E-state index is 12.4. The Morgan fingerprint density at radius 3 is 2.76 bits per heavy atom. The summed E-state index contributed by atoms with van der Waals surface area (Å²) < 4.78 is 39.3. The van der Waals surface area contributed by atoms with Crippen molar-refractivity contribution in [2.75, 3.05) is 30.3 Å². The second-order valence-corrected chi connectivity index (χ2v) is 7.18. The second kappa shape index (κ2) is 5.27. The molecule has 0 amide bonds. The predicted molar refractivity (Wildman–Crippen MR) is 79.5 cm³/mol. The van der Waals surface area contributed by atoms with Crippen molar-refractivity contribution >= 4 is 21.6 Å². The van der Waals surface area contributed by atoms with Crippen LogP contribution in [0.4, 0.5) is 11.4 Å². The molecule has 0 radical (unpaired) electrons. The van der Waals surface area contributed by atoms with Crippen LogP contribution in [0.15, 0.2) is 12.1 Å². The Kier molecular flexibility index (Phi) is 3.58. The van der Waals surface area contributed by atoms with Gasteiger partial charge in [-0.15, -0.1) is 0 Å². The molecular weight excluding hydrogens is 294 g/mol. The molecule has 0 bridgehead atoms. The summed E-state index contributed by atoms with van der Waals surface area (Å²) in [7, 11) is -3.60.